The topological polar surface area (TPSA) is 51.4 Å². The molecule has 2 aliphatic rings. The van der Waals surface area contributed by atoms with Crippen molar-refractivity contribution in [2.24, 2.45) is 5.92 Å². The fourth-order valence-corrected chi connectivity index (χ4v) is 3.29. The Morgan fingerprint density at radius 1 is 1.14 bits per heavy atom. The molecule has 1 aromatic rings. The van der Waals surface area contributed by atoms with E-state index in [9.17, 15) is 0 Å². The van der Waals surface area contributed by atoms with Crippen LogP contribution in [0.3, 0.4) is 0 Å². The second kappa shape index (κ2) is 6.71. The molecule has 1 saturated heterocycles. The van der Waals surface area contributed by atoms with E-state index in [1.54, 1.807) is 0 Å². The maximum Gasteiger partial charge on any atom is 0.246 e. The summed E-state index contributed by atoms with van der Waals surface area (Å²) in [4.78, 5) is 2.24. The van der Waals surface area contributed by atoms with Gasteiger partial charge in [-0.25, -0.2) is 0 Å². The molecule has 0 aromatic carbocycles. The predicted octanol–water partition coefficient (Wildman–Crippen LogP) is 3.05. The van der Waals surface area contributed by atoms with E-state index in [0.29, 0.717) is 17.7 Å². The molecule has 0 amide bonds. The van der Waals surface area contributed by atoms with Crippen molar-refractivity contribution < 1.29 is 9.15 Å². The summed E-state index contributed by atoms with van der Waals surface area (Å²) in [6.45, 7) is 3.82. The lowest BCUT2D eigenvalue weighted by atomic mass is 9.89. The molecule has 2 atom stereocenters. The van der Waals surface area contributed by atoms with Gasteiger partial charge in [0.2, 0.25) is 11.8 Å². The van der Waals surface area contributed by atoms with Gasteiger partial charge in [0.05, 0.1) is 6.10 Å². The van der Waals surface area contributed by atoms with Crippen LogP contribution in [0.25, 0.3) is 6.08 Å². The van der Waals surface area contributed by atoms with Crippen molar-refractivity contribution in [3.63, 3.8) is 0 Å². The molecule has 21 heavy (non-hydrogen) atoms. The number of likely N-dealkylation sites (N-methyl/N-ethyl adjacent to an activating group) is 1. The monoisotopic (exact) mass is 291 g/mol. The number of nitrogens with zero attached hydrogens (tertiary/aromatic N) is 3. The average Bonchev–Trinajstić information content (AvgIpc) is 2.94. The van der Waals surface area contributed by atoms with E-state index < -0.39 is 0 Å². The highest BCUT2D eigenvalue weighted by molar-refractivity contribution is 5.37. The highest BCUT2D eigenvalue weighted by atomic mass is 16.5. The lowest BCUT2D eigenvalue weighted by Gasteiger charge is -2.32. The van der Waals surface area contributed by atoms with Crippen LogP contribution in [0.15, 0.2) is 10.5 Å². The van der Waals surface area contributed by atoms with Gasteiger partial charge in [-0.15, -0.1) is 10.2 Å². The van der Waals surface area contributed by atoms with Gasteiger partial charge in [-0.05, 0) is 38.8 Å². The lowest BCUT2D eigenvalue weighted by Crippen LogP contribution is -2.40. The summed E-state index contributed by atoms with van der Waals surface area (Å²) in [5.41, 5.74) is 0. The van der Waals surface area contributed by atoms with Gasteiger partial charge in [-0.3, -0.25) is 0 Å². The fourth-order valence-electron chi connectivity index (χ4n) is 3.29. The molecule has 3 rings (SSSR count). The Hall–Kier alpha value is -1.20. The third-order valence-corrected chi connectivity index (χ3v) is 4.34. The van der Waals surface area contributed by atoms with Gasteiger partial charge in [-0.1, -0.05) is 25.3 Å². The van der Waals surface area contributed by atoms with Crippen LogP contribution >= 0.6 is 0 Å². The smallest absolute Gasteiger partial charge is 0.246 e. The Bertz CT molecular complexity index is 470. The summed E-state index contributed by atoms with van der Waals surface area (Å²) in [5.74, 6) is 1.86. The quantitative estimate of drug-likeness (QED) is 0.856. The number of rotatable bonds is 3. The first-order chi connectivity index (χ1) is 10.2. The van der Waals surface area contributed by atoms with Crippen molar-refractivity contribution in [3.8, 4) is 0 Å². The minimum atomic E-state index is -0.108. The summed E-state index contributed by atoms with van der Waals surface area (Å²) in [6.07, 6.45) is 10.9. The molecule has 0 radical (unpaired) electrons. The molecule has 0 spiro atoms. The molecule has 1 saturated carbocycles. The molecule has 1 aromatic heterocycles. The number of hydrogen-bond acceptors (Lipinski definition) is 5. The van der Waals surface area contributed by atoms with Gasteiger partial charge >= 0.3 is 0 Å². The van der Waals surface area contributed by atoms with Gasteiger partial charge in [0, 0.05) is 13.1 Å². The Morgan fingerprint density at radius 2 is 1.95 bits per heavy atom. The number of morpholine rings is 1. The minimum absolute atomic E-state index is 0.108. The number of aromatic nitrogens is 2. The SMILES string of the molecule is C[C@@H]1CN(C)C[C@H](c2nnc(/C=C/C3CCCCC3)o2)O1. The maximum absolute atomic E-state index is 5.89. The number of hydrogen-bond donors (Lipinski definition) is 0. The first-order valence-corrected chi connectivity index (χ1v) is 8.06. The molecular weight excluding hydrogens is 266 g/mol. The van der Waals surface area contributed by atoms with Crippen LogP contribution in [0.4, 0.5) is 0 Å². The van der Waals surface area contributed by atoms with E-state index in [4.69, 9.17) is 9.15 Å². The number of allylic oxidation sites excluding steroid dienone is 1. The molecule has 5 nitrogen and oxygen atoms in total. The van der Waals surface area contributed by atoms with Crippen molar-refractivity contribution in [3.05, 3.63) is 17.9 Å². The van der Waals surface area contributed by atoms with E-state index in [-0.39, 0.29) is 12.2 Å². The first kappa shape index (κ1) is 14.7. The Labute approximate surface area is 126 Å². The highest BCUT2D eigenvalue weighted by Crippen LogP contribution is 2.26. The van der Waals surface area contributed by atoms with Crippen molar-refractivity contribution in [2.45, 2.75) is 51.2 Å². The summed E-state index contributed by atoms with van der Waals surface area (Å²) in [6, 6.07) is 0. The predicted molar refractivity (Wildman–Crippen MR) is 80.7 cm³/mol. The molecule has 1 aliphatic carbocycles. The average molecular weight is 291 g/mol. The minimum Gasteiger partial charge on any atom is -0.418 e. The van der Waals surface area contributed by atoms with Gasteiger partial charge < -0.3 is 14.1 Å². The van der Waals surface area contributed by atoms with E-state index >= 15 is 0 Å². The van der Waals surface area contributed by atoms with Crippen LogP contribution in [-0.4, -0.2) is 41.3 Å². The van der Waals surface area contributed by atoms with Crippen molar-refractivity contribution >= 4 is 6.08 Å². The van der Waals surface area contributed by atoms with Crippen LogP contribution in [0, 0.1) is 5.92 Å². The normalized spacial score (nSPS) is 29.2. The van der Waals surface area contributed by atoms with E-state index in [1.807, 2.05) is 6.08 Å². The highest BCUT2D eigenvalue weighted by Gasteiger charge is 2.28. The second-order valence-electron chi connectivity index (χ2n) is 6.39. The van der Waals surface area contributed by atoms with Crippen molar-refractivity contribution in [1.29, 1.82) is 0 Å². The van der Waals surface area contributed by atoms with Gasteiger partial charge in [0.25, 0.3) is 0 Å². The summed E-state index contributed by atoms with van der Waals surface area (Å²) in [7, 11) is 2.09. The second-order valence-corrected chi connectivity index (χ2v) is 6.39. The van der Waals surface area contributed by atoms with Crippen LogP contribution in [-0.2, 0) is 4.74 Å². The van der Waals surface area contributed by atoms with Gasteiger partial charge in [0.15, 0.2) is 0 Å². The Balaban J connectivity index is 1.61. The van der Waals surface area contributed by atoms with E-state index in [2.05, 4.69) is 35.1 Å². The zero-order valence-electron chi connectivity index (χ0n) is 13.0. The largest absolute Gasteiger partial charge is 0.418 e. The molecule has 0 bridgehead atoms. The summed E-state index contributed by atoms with van der Waals surface area (Å²) < 4.78 is 11.6. The molecular formula is C16H25N3O2. The molecule has 0 unspecified atom stereocenters. The van der Waals surface area contributed by atoms with Crippen LogP contribution in [0.5, 0.6) is 0 Å². The maximum atomic E-state index is 5.89. The lowest BCUT2D eigenvalue weighted by molar-refractivity contribution is -0.0823. The number of ether oxygens (including phenoxy) is 1. The first-order valence-electron chi connectivity index (χ1n) is 8.06. The molecule has 2 fully saturated rings. The van der Waals surface area contributed by atoms with E-state index in [0.717, 1.165) is 13.1 Å². The molecule has 2 heterocycles. The molecule has 1 aliphatic heterocycles. The molecule has 116 valence electrons. The Morgan fingerprint density at radius 3 is 2.71 bits per heavy atom. The Kier molecular flexibility index (Phi) is 4.70. The van der Waals surface area contributed by atoms with Gasteiger partial charge in [-0.2, -0.15) is 0 Å². The molecule has 5 heteroatoms. The third kappa shape index (κ3) is 3.92. The molecule has 0 N–H and O–H groups in total. The van der Waals surface area contributed by atoms with E-state index in [1.165, 1.54) is 32.1 Å². The van der Waals surface area contributed by atoms with Crippen LogP contribution in [0.2, 0.25) is 0 Å². The summed E-state index contributed by atoms with van der Waals surface area (Å²) in [5, 5.41) is 8.28. The third-order valence-electron chi connectivity index (χ3n) is 4.34. The standard InChI is InChI=1S/C16H25N3O2/c1-12-10-19(2)11-14(20-12)16-18-17-15(21-16)9-8-13-6-4-3-5-7-13/h8-9,12-14H,3-7,10-11H2,1-2H3/b9-8+/t12-,14-/m1/s1. The van der Waals surface area contributed by atoms with Crippen LogP contribution < -0.4 is 0 Å². The van der Waals surface area contributed by atoms with Gasteiger partial charge in [0.1, 0.15) is 6.10 Å². The van der Waals surface area contributed by atoms with Crippen molar-refractivity contribution in [1.82, 2.24) is 15.1 Å². The summed E-state index contributed by atoms with van der Waals surface area (Å²) >= 11 is 0. The van der Waals surface area contributed by atoms with Crippen molar-refractivity contribution in [2.75, 3.05) is 20.1 Å². The zero-order chi connectivity index (χ0) is 14.7. The van der Waals surface area contributed by atoms with Crippen LogP contribution in [0.1, 0.15) is 56.9 Å². The fraction of sp³-hybridized carbons (Fsp3) is 0.750. The zero-order valence-corrected chi connectivity index (χ0v) is 13.0.